The van der Waals surface area contributed by atoms with Crippen LogP contribution in [0.3, 0.4) is 0 Å². The molecule has 0 atom stereocenters. The Bertz CT molecular complexity index is 825. The third-order valence-corrected chi connectivity index (χ3v) is 5.73. The molecule has 1 aliphatic heterocycles. The van der Waals surface area contributed by atoms with Gasteiger partial charge in [0.15, 0.2) is 5.96 Å². The molecule has 0 aliphatic carbocycles. The fourth-order valence-electron chi connectivity index (χ4n) is 4.01. The first-order valence-electron chi connectivity index (χ1n) is 10.9. The van der Waals surface area contributed by atoms with Gasteiger partial charge in [0.05, 0.1) is 12.2 Å². The molecule has 0 unspecified atom stereocenters. The minimum Gasteiger partial charge on any atom is -0.381 e. The Morgan fingerprint density at radius 3 is 2.57 bits per heavy atom. The van der Waals surface area contributed by atoms with Gasteiger partial charge in [-0.05, 0) is 63.8 Å². The SMILES string of the molecule is CCNC(=NCC1(c2ccc(F)cc2)CCOCC1)NCCCn1nc(C)cc1C. The van der Waals surface area contributed by atoms with Crippen molar-refractivity contribution < 1.29 is 9.13 Å². The van der Waals surface area contributed by atoms with Crippen LogP contribution < -0.4 is 10.6 Å². The van der Waals surface area contributed by atoms with Crippen molar-refractivity contribution in [1.29, 1.82) is 0 Å². The molecule has 0 saturated carbocycles. The Labute approximate surface area is 178 Å². The van der Waals surface area contributed by atoms with E-state index < -0.39 is 0 Å². The minimum atomic E-state index is -0.206. The zero-order valence-corrected chi connectivity index (χ0v) is 18.4. The Morgan fingerprint density at radius 1 is 1.20 bits per heavy atom. The maximum Gasteiger partial charge on any atom is 0.191 e. The second-order valence-corrected chi connectivity index (χ2v) is 8.03. The lowest BCUT2D eigenvalue weighted by atomic mass is 9.74. The number of nitrogens with zero attached hydrogens (tertiary/aromatic N) is 3. The summed E-state index contributed by atoms with van der Waals surface area (Å²) in [4.78, 5) is 4.90. The van der Waals surface area contributed by atoms with Crippen molar-refractivity contribution >= 4 is 5.96 Å². The minimum absolute atomic E-state index is 0.113. The van der Waals surface area contributed by atoms with Gasteiger partial charge in [-0.25, -0.2) is 4.39 Å². The van der Waals surface area contributed by atoms with Crippen molar-refractivity contribution in [3.05, 3.63) is 53.1 Å². The molecule has 30 heavy (non-hydrogen) atoms. The lowest BCUT2D eigenvalue weighted by Crippen LogP contribution is -2.41. The average molecular weight is 416 g/mol. The first kappa shape index (κ1) is 22.3. The monoisotopic (exact) mass is 415 g/mol. The molecule has 0 spiro atoms. The van der Waals surface area contributed by atoms with Crippen LogP contribution in [0.25, 0.3) is 0 Å². The van der Waals surface area contributed by atoms with Crippen molar-refractivity contribution in [1.82, 2.24) is 20.4 Å². The smallest absolute Gasteiger partial charge is 0.191 e. The van der Waals surface area contributed by atoms with Gasteiger partial charge in [0, 0.05) is 44.0 Å². The van der Waals surface area contributed by atoms with Gasteiger partial charge in [-0.1, -0.05) is 12.1 Å². The molecule has 2 heterocycles. The van der Waals surface area contributed by atoms with Crippen LogP contribution in [0.5, 0.6) is 0 Å². The summed E-state index contributed by atoms with van der Waals surface area (Å²) in [6.07, 6.45) is 2.74. The highest BCUT2D eigenvalue weighted by Crippen LogP contribution is 2.35. The Balaban J connectivity index is 1.62. The molecular weight excluding hydrogens is 381 g/mol. The third-order valence-electron chi connectivity index (χ3n) is 5.73. The highest BCUT2D eigenvalue weighted by molar-refractivity contribution is 5.79. The van der Waals surface area contributed by atoms with Crippen molar-refractivity contribution in [2.75, 3.05) is 32.8 Å². The molecule has 1 fully saturated rings. The van der Waals surface area contributed by atoms with Crippen LogP contribution in [-0.4, -0.2) is 48.6 Å². The molecule has 2 aromatic rings. The molecular formula is C23H34FN5O. The predicted octanol–water partition coefficient (Wildman–Crippen LogP) is 3.33. The van der Waals surface area contributed by atoms with Crippen molar-refractivity contribution in [3.8, 4) is 0 Å². The summed E-state index contributed by atoms with van der Waals surface area (Å²) >= 11 is 0. The fraction of sp³-hybridized carbons (Fsp3) is 0.565. The average Bonchev–Trinajstić information content (AvgIpc) is 3.07. The van der Waals surface area contributed by atoms with E-state index in [2.05, 4.69) is 35.6 Å². The highest BCUT2D eigenvalue weighted by atomic mass is 19.1. The number of aryl methyl sites for hydroxylation is 3. The summed E-state index contributed by atoms with van der Waals surface area (Å²) < 4.78 is 21.1. The molecule has 6 nitrogen and oxygen atoms in total. The van der Waals surface area contributed by atoms with Crippen LogP contribution in [0.15, 0.2) is 35.3 Å². The van der Waals surface area contributed by atoms with Gasteiger partial charge in [0.25, 0.3) is 0 Å². The maximum absolute atomic E-state index is 13.4. The van der Waals surface area contributed by atoms with E-state index in [-0.39, 0.29) is 11.2 Å². The van der Waals surface area contributed by atoms with Crippen LogP contribution in [0.1, 0.15) is 43.1 Å². The summed E-state index contributed by atoms with van der Waals surface area (Å²) in [5.41, 5.74) is 3.26. The van der Waals surface area contributed by atoms with Gasteiger partial charge in [-0.3, -0.25) is 9.67 Å². The number of nitrogens with one attached hydrogen (secondary N) is 2. The Kier molecular flexibility index (Phi) is 7.85. The molecule has 1 aromatic carbocycles. The number of benzene rings is 1. The quantitative estimate of drug-likeness (QED) is 0.394. The molecule has 1 aromatic heterocycles. The van der Waals surface area contributed by atoms with Gasteiger partial charge in [-0.2, -0.15) is 5.10 Å². The van der Waals surface area contributed by atoms with Crippen molar-refractivity contribution in [2.45, 2.75) is 52.0 Å². The van der Waals surface area contributed by atoms with Crippen molar-refractivity contribution in [3.63, 3.8) is 0 Å². The summed E-state index contributed by atoms with van der Waals surface area (Å²) in [6, 6.07) is 8.97. The van der Waals surface area contributed by atoms with E-state index in [0.29, 0.717) is 19.8 Å². The van der Waals surface area contributed by atoms with E-state index in [1.165, 1.54) is 5.69 Å². The summed E-state index contributed by atoms with van der Waals surface area (Å²) in [6.45, 7) is 10.7. The maximum atomic E-state index is 13.4. The zero-order valence-electron chi connectivity index (χ0n) is 18.4. The van der Waals surface area contributed by atoms with Gasteiger partial charge in [0.1, 0.15) is 5.82 Å². The van der Waals surface area contributed by atoms with Crippen LogP contribution in [-0.2, 0) is 16.7 Å². The Morgan fingerprint density at radius 2 is 1.93 bits per heavy atom. The van der Waals surface area contributed by atoms with Gasteiger partial charge < -0.3 is 15.4 Å². The zero-order chi connectivity index (χ0) is 21.4. The summed E-state index contributed by atoms with van der Waals surface area (Å²) in [5.74, 6) is 0.612. The molecule has 1 aliphatic rings. The van der Waals surface area contributed by atoms with Gasteiger partial charge in [0.2, 0.25) is 0 Å². The largest absolute Gasteiger partial charge is 0.381 e. The van der Waals surface area contributed by atoms with E-state index in [1.54, 1.807) is 12.1 Å². The number of halogens is 1. The van der Waals surface area contributed by atoms with E-state index in [4.69, 9.17) is 9.73 Å². The molecule has 164 valence electrons. The van der Waals surface area contributed by atoms with E-state index >= 15 is 0 Å². The molecule has 0 bridgehead atoms. The molecule has 0 amide bonds. The van der Waals surface area contributed by atoms with Crippen LogP contribution in [0.4, 0.5) is 4.39 Å². The highest BCUT2D eigenvalue weighted by Gasteiger charge is 2.34. The molecule has 3 rings (SSSR count). The van der Waals surface area contributed by atoms with E-state index in [1.807, 2.05) is 23.7 Å². The second-order valence-electron chi connectivity index (χ2n) is 8.03. The number of guanidine groups is 1. The number of rotatable bonds is 8. The van der Waals surface area contributed by atoms with Crippen LogP contribution in [0.2, 0.25) is 0 Å². The van der Waals surface area contributed by atoms with Gasteiger partial charge in [-0.15, -0.1) is 0 Å². The topological polar surface area (TPSA) is 63.5 Å². The normalized spacial score (nSPS) is 16.5. The predicted molar refractivity (Wildman–Crippen MR) is 118 cm³/mol. The molecule has 7 heteroatoms. The lowest BCUT2D eigenvalue weighted by Gasteiger charge is -2.36. The first-order valence-corrected chi connectivity index (χ1v) is 10.9. The molecule has 2 N–H and O–H groups in total. The standard InChI is InChI=1S/C23H34FN5O/c1-4-25-22(26-12-5-13-29-19(3)16-18(2)28-29)27-17-23(10-14-30-15-11-23)20-6-8-21(24)9-7-20/h6-9,16H,4-5,10-15,17H2,1-3H3,(H2,25,26,27). The first-order chi connectivity index (χ1) is 14.5. The Hall–Kier alpha value is -2.41. The number of aromatic nitrogens is 2. The third kappa shape index (κ3) is 5.81. The van der Waals surface area contributed by atoms with Crippen LogP contribution in [0, 0.1) is 19.7 Å². The molecule has 0 radical (unpaired) electrons. The fourth-order valence-corrected chi connectivity index (χ4v) is 4.01. The van der Waals surface area contributed by atoms with Crippen LogP contribution >= 0.6 is 0 Å². The lowest BCUT2D eigenvalue weighted by molar-refractivity contribution is 0.0531. The van der Waals surface area contributed by atoms with Crippen molar-refractivity contribution in [2.24, 2.45) is 4.99 Å². The summed E-state index contributed by atoms with van der Waals surface area (Å²) in [7, 11) is 0. The number of aliphatic imine (C=N–C) groups is 1. The number of ether oxygens (including phenoxy) is 1. The molecule has 1 saturated heterocycles. The van der Waals surface area contributed by atoms with E-state index in [9.17, 15) is 4.39 Å². The number of hydrogen-bond donors (Lipinski definition) is 2. The van der Waals surface area contributed by atoms with E-state index in [0.717, 1.165) is 56.1 Å². The van der Waals surface area contributed by atoms with Gasteiger partial charge >= 0.3 is 0 Å². The second kappa shape index (κ2) is 10.6. The summed E-state index contributed by atoms with van der Waals surface area (Å²) in [5, 5.41) is 11.3. The number of hydrogen-bond acceptors (Lipinski definition) is 3.